The first kappa shape index (κ1) is 12.9. The van der Waals surface area contributed by atoms with Crippen molar-refractivity contribution < 1.29 is 14.2 Å². The number of methoxy groups -OCH3 is 2. The Morgan fingerprint density at radius 1 is 1.33 bits per heavy atom. The Labute approximate surface area is 107 Å². The Hall–Kier alpha value is -1.56. The maximum Gasteiger partial charge on any atom is 0.229 e. The highest BCUT2D eigenvalue weighted by atomic mass is 16.5. The summed E-state index contributed by atoms with van der Waals surface area (Å²) < 4.78 is 15.8. The smallest absolute Gasteiger partial charge is 0.229 e. The molecule has 0 aromatic carbocycles. The van der Waals surface area contributed by atoms with Gasteiger partial charge in [-0.1, -0.05) is 0 Å². The Kier molecular flexibility index (Phi) is 4.19. The molecule has 2 unspecified atom stereocenters. The number of ether oxygens (including phenoxy) is 3. The fourth-order valence-corrected chi connectivity index (χ4v) is 1.97. The minimum Gasteiger partial charge on any atom is -0.481 e. The summed E-state index contributed by atoms with van der Waals surface area (Å²) in [6.07, 6.45) is 2.39. The van der Waals surface area contributed by atoms with E-state index in [1.165, 1.54) is 0 Å². The van der Waals surface area contributed by atoms with E-state index in [0.717, 1.165) is 19.4 Å². The van der Waals surface area contributed by atoms with Crippen LogP contribution in [-0.2, 0) is 4.74 Å². The van der Waals surface area contributed by atoms with Gasteiger partial charge in [0.15, 0.2) is 0 Å². The van der Waals surface area contributed by atoms with Crippen LogP contribution < -0.4 is 14.8 Å². The van der Waals surface area contributed by atoms with Crippen LogP contribution in [0.5, 0.6) is 11.8 Å². The third-order valence-electron chi connectivity index (χ3n) is 2.98. The van der Waals surface area contributed by atoms with Gasteiger partial charge in [-0.2, -0.15) is 9.97 Å². The molecular formula is C12H19N3O3. The Morgan fingerprint density at radius 2 is 2.00 bits per heavy atom. The molecule has 18 heavy (non-hydrogen) atoms. The van der Waals surface area contributed by atoms with Gasteiger partial charge in [0, 0.05) is 6.61 Å². The van der Waals surface area contributed by atoms with Crippen molar-refractivity contribution in [3.63, 3.8) is 0 Å². The first-order valence-corrected chi connectivity index (χ1v) is 6.08. The number of nitrogens with one attached hydrogen (secondary N) is 1. The summed E-state index contributed by atoms with van der Waals surface area (Å²) >= 11 is 0. The summed E-state index contributed by atoms with van der Waals surface area (Å²) in [5.74, 6) is 1.45. The van der Waals surface area contributed by atoms with Crippen molar-refractivity contribution in [2.24, 2.45) is 0 Å². The summed E-state index contributed by atoms with van der Waals surface area (Å²) in [6.45, 7) is 2.89. The normalized spacial score (nSPS) is 20.5. The molecule has 0 amide bonds. The molecule has 0 bridgehead atoms. The predicted octanol–water partition coefficient (Wildman–Crippen LogP) is 1.47. The molecule has 2 rings (SSSR count). The lowest BCUT2D eigenvalue weighted by atomic mass is 10.1. The molecule has 1 fully saturated rings. The molecule has 0 spiro atoms. The quantitative estimate of drug-likeness (QED) is 0.857. The Morgan fingerprint density at radius 3 is 2.50 bits per heavy atom. The molecule has 100 valence electrons. The largest absolute Gasteiger partial charge is 0.481 e. The lowest BCUT2D eigenvalue weighted by Gasteiger charge is -2.20. The summed E-state index contributed by atoms with van der Waals surface area (Å²) in [6, 6.07) is 1.80. The SMILES string of the molecule is COc1cc(OC)nc(NC(C)C2CCCO2)n1. The molecular weight excluding hydrogens is 234 g/mol. The van der Waals surface area contributed by atoms with Gasteiger partial charge in [-0.25, -0.2) is 0 Å². The van der Waals surface area contributed by atoms with Crippen LogP contribution in [0.3, 0.4) is 0 Å². The van der Waals surface area contributed by atoms with Crippen LogP contribution in [0.1, 0.15) is 19.8 Å². The minimum absolute atomic E-state index is 0.157. The molecule has 6 heteroatoms. The number of hydrogen-bond acceptors (Lipinski definition) is 6. The summed E-state index contributed by atoms with van der Waals surface area (Å²) in [5, 5.41) is 3.23. The average Bonchev–Trinajstić information content (AvgIpc) is 2.92. The zero-order valence-corrected chi connectivity index (χ0v) is 11.0. The van der Waals surface area contributed by atoms with E-state index < -0.39 is 0 Å². The highest BCUT2D eigenvalue weighted by molar-refractivity contribution is 5.34. The van der Waals surface area contributed by atoms with E-state index in [4.69, 9.17) is 14.2 Å². The van der Waals surface area contributed by atoms with E-state index in [-0.39, 0.29) is 12.1 Å². The first-order valence-electron chi connectivity index (χ1n) is 6.08. The van der Waals surface area contributed by atoms with Crippen molar-refractivity contribution in [1.29, 1.82) is 0 Å². The van der Waals surface area contributed by atoms with E-state index in [9.17, 15) is 0 Å². The molecule has 6 nitrogen and oxygen atoms in total. The third-order valence-corrected chi connectivity index (χ3v) is 2.98. The maximum absolute atomic E-state index is 5.62. The highest BCUT2D eigenvalue weighted by Gasteiger charge is 2.23. The fourth-order valence-electron chi connectivity index (χ4n) is 1.97. The molecule has 0 saturated carbocycles. The van der Waals surface area contributed by atoms with E-state index >= 15 is 0 Å². The molecule has 1 aromatic rings. The number of anilines is 1. The second-order valence-electron chi connectivity index (χ2n) is 4.26. The van der Waals surface area contributed by atoms with Crippen molar-refractivity contribution in [2.45, 2.75) is 31.9 Å². The van der Waals surface area contributed by atoms with E-state index in [2.05, 4.69) is 22.2 Å². The highest BCUT2D eigenvalue weighted by Crippen LogP contribution is 2.21. The van der Waals surface area contributed by atoms with E-state index in [1.54, 1.807) is 20.3 Å². The molecule has 0 radical (unpaired) electrons. The number of aromatic nitrogens is 2. The molecule has 2 heterocycles. The Balaban J connectivity index is 2.07. The number of hydrogen-bond donors (Lipinski definition) is 1. The monoisotopic (exact) mass is 253 g/mol. The van der Waals surface area contributed by atoms with Gasteiger partial charge in [-0.15, -0.1) is 0 Å². The van der Waals surface area contributed by atoms with Crippen LogP contribution in [0.4, 0.5) is 5.95 Å². The van der Waals surface area contributed by atoms with Gasteiger partial charge in [-0.05, 0) is 19.8 Å². The molecule has 2 atom stereocenters. The average molecular weight is 253 g/mol. The van der Waals surface area contributed by atoms with Crippen molar-refractivity contribution in [3.05, 3.63) is 6.07 Å². The third kappa shape index (κ3) is 3.01. The lowest BCUT2D eigenvalue weighted by Crippen LogP contribution is -2.30. The van der Waals surface area contributed by atoms with Crippen LogP contribution in [0.2, 0.25) is 0 Å². The molecule has 0 aliphatic carbocycles. The van der Waals surface area contributed by atoms with Crippen molar-refractivity contribution in [2.75, 3.05) is 26.1 Å². The van der Waals surface area contributed by atoms with E-state index in [1.807, 2.05) is 0 Å². The van der Waals surface area contributed by atoms with Crippen LogP contribution in [0.15, 0.2) is 6.07 Å². The predicted molar refractivity (Wildman–Crippen MR) is 67.2 cm³/mol. The summed E-state index contributed by atoms with van der Waals surface area (Å²) in [7, 11) is 3.13. The van der Waals surface area contributed by atoms with Gasteiger partial charge in [0.1, 0.15) is 0 Å². The summed E-state index contributed by atoms with van der Waals surface area (Å²) in [5.41, 5.74) is 0. The molecule has 1 aromatic heterocycles. The fraction of sp³-hybridized carbons (Fsp3) is 0.667. The first-order chi connectivity index (χ1) is 8.72. The molecule has 1 aliphatic rings. The van der Waals surface area contributed by atoms with Gasteiger partial charge in [0.2, 0.25) is 17.7 Å². The zero-order valence-electron chi connectivity index (χ0n) is 11.0. The van der Waals surface area contributed by atoms with Gasteiger partial charge in [0.05, 0.1) is 32.4 Å². The van der Waals surface area contributed by atoms with Crippen LogP contribution in [-0.4, -0.2) is 42.9 Å². The van der Waals surface area contributed by atoms with Gasteiger partial charge in [0.25, 0.3) is 0 Å². The van der Waals surface area contributed by atoms with Crippen molar-refractivity contribution >= 4 is 5.95 Å². The van der Waals surface area contributed by atoms with Crippen molar-refractivity contribution in [1.82, 2.24) is 9.97 Å². The Bertz CT molecular complexity index is 372. The van der Waals surface area contributed by atoms with Gasteiger partial charge >= 0.3 is 0 Å². The van der Waals surface area contributed by atoms with Crippen LogP contribution in [0.25, 0.3) is 0 Å². The topological polar surface area (TPSA) is 65.5 Å². The maximum atomic E-state index is 5.62. The molecule has 1 aliphatic heterocycles. The second kappa shape index (κ2) is 5.86. The van der Waals surface area contributed by atoms with Crippen LogP contribution >= 0.6 is 0 Å². The standard InChI is InChI=1S/C12H19N3O3/c1-8(9-5-4-6-18-9)13-12-14-10(16-2)7-11(15-12)17-3/h7-9H,4-6H2,1-3H3,(H,13,14,15). The summed E-state index contributed by atoms with van der Waals surface area (Å²) in [4.78, 5) is 8.46. The second-order valence-corrected chi connectivity index (χ2v) is 4.26. The number of rotatable bonds is 5. The van der Waals surface area contributed by atoms with E-state index in [0.29, 0.717) is 17.7 Å². The van der Waals surface area contributed by atoms with Crippen LogP contribution in [0, 0.1) is 0 Å². The lowest BCUT2D eigenvalue weighted by molar-refractivity contribution is 0.0994. The minimum atomic E-state index is 0.157. The molecule has 1 saturated heterocycles. The number of nitrogens with zero attached hydrogens (tertiary/aromatic N) is 2. The molecule has 1 N–H and O–H groups in total. The zero-order chi connectivity index (χ0) is 13.0. The van der Waals surface area contributed by atoms with Gasteiger partial charge in [-0.3, -0.25) is 0 Å². The van der Waals surface area contributed by atoms with Crippen molar-refractivity contribution in [3.8, 4) is 11.8 Å². The van der Waals surface area contributed by atoms with Gasteiger partial charge < -0.3 is 19.5 Å².